The second kappa shape index (κ2) is 13.9. The molecule has 0 aliphatic rings. The molecule has 1 N–H and O–H groups in total. The first-order valence-corrected chi connectivity index (χ1v) is 13.8. The van der Waals surface area contributed by atoms with Crippen molar-refractivity contribution in [2.75, 3.05) is 12.3 Å². The van der Waals surface area contributed by atoms with Crippen molar-refractivity contribution >= 4 is 58.4 Å². The minimum absolute atomic E-state index is 0.151. The molecule has 190 valence electrons. The molecule has 0 aliphatic heterocycles. The Morgan fingerprint density at radius 2 is 1.58 bits per heavy atom. The molecule has 0 radical (unpaired) electrons. The van der Waals surface area contributed by atoms with Crippen molar-refractivity contribution in [1.82, 2.24) is 10.2 Å². The van der Waals surface area contributed by atoms with Gasteiger partial charge in [0.1, 0.15) is 6.04 Å². The van der Waals surface area contributed by atoms with E-state index in [-0.39, 0.29) is 30.0 Å². The summed E-state index contributed by atoms with van der Waals surface area (Å²) in [4.78, 5) is 29.7. The Labute approximate surface area is 232 Å². The van der Waals surface area contributed by atoms with E-state index in [1.807, 2.05) is 62.4 Å². The second-order valence-corrected chi connectivity index (χ2v) is 11.2. The molecule has 0 saturated carbocycles. The predicted octanol–water partition coefficient (Wildman–Crippen LogP) is 7.15. The van der Waals surface area contributed by atoms with Crippen LogP contribution in [0.25, 0.3) is 0 Å². The number of rotatable bonds is 11. The zero-order chi connectivity index (χ0) is 26.1. The third-order valence-electron chi connectivity index (χ3n) is 5.47. The van der Waals surface area contributed by atoms with Gasteiger partial charge in [0, 0.05) is 29.4 Å². The van der Waals surface area contributed by atoms with Crippen LogP contribution in [0.4, 0.5) is 0 Å². The molecule has 0 fully saturated rings. The van der Waals surface area contributed by atoms with Gasteiger partial charge in [-0.25, -0.2) is 0 Å². The zero-order valence-electron chi connectivity index (χ0n) is 20.2. The van der Waals surface area contributed by atoms with Crippen LogP contribution in [0.15, 0.2) is 77.7 Å². The van der Waals surface area contributed by atoms with Gasteiger partial charge in [-0.1, -0.05) is 85.0 Å². The summed E-state index contributed by atoms with van der Waals surface area (Å²) >= 11 is 19.8. The molecule has 2 amide bonds. The number of hydrogen-bond donors (Lipinski definition) is 1. The average molecular weight is 564 g/mol. The number of nitrogens with zero attached hydrogens (tertiary/aromatic N) is 1. The van der Waals surface area contributed by atoms with Crippen molar-refractivity contribution < 1.29 is 9.59 Å². The summed E-state index contributed by atoms with van der Waals surface area (Å²) in [5.41, 5.74) is 1.77. The Hall–Kier alpha value is -2.18. The van der Waals surface area contributed by atoms with Gasteiger partial charge in [0.05, 0.1) is 15.8 Å². The van der Waals surface area contributed by atoms with Crippen LogP contribution < -0.4 is 5.32 Å². The van der Waals surface area contributed by atoms with Gasteiger partial charge in [-0.15, -0.1) is 11.8 Å². The molecule has 8 heteroatoms. The molecule has 0 unspecified atom stereocenters. The van der Waals surface area contributed by atoms with E-state index < -0.39 is 6.04 Å². The maximum absolute atomic E-state index is 13.7. The molecular formula is C28H29Cl3N2O2S. The van der Waals surface area contributed by atoms with Crippen LogP contribution in [0, 0.1) is 5.92 Å². The molecule has 1 atom stereocenters. The van der Waals surface area contributed by atoms with Gasteiger partial charge in [-0.3, -0.25) is 9.59 Å². The molecule has 36 heavy (non-hydrogen) atoms. The summed E-state index contributed by atoms with van der Waals surface area (Å²) in [6.07, 6.45) is 0.392. The lowest BCUT2D eigenvalue weighted by atomic mass is 10.0. The number of benzene rings is 3. The topological polar surface area (TPSA) is 49.4 Å². The van der Waals surface area contributed by atoms with Crippen molar-refractivity contribution in [3.63, 3.8) is 0 Å². The number of amides is 2. The molecule has 0 aromatic heterocycles. The standard InChI is InChI=1S/C28H29Cl3N2O2S/c1-19(2)16-32-28(35)26(15-20-6-4-3-5-7-20)33(17-21-8-13-24(30)25(31)14-21)27(34)18-36-23-11-9-22(29)10-12-23/h3-14,19,26H,15-18H2,1-2H3,(H,32,35)/t26-/m1/s1. The molecule has 3 rings (SSSR count). The fourth-order valence-electron chi connectivity index (χ4n) is 3.57. The highest BCUT2D eigenvalue weighted by atomic mass is 35.5. The molecule has 0 heterocycles. The maximum atomic E-state index is 13.7. The van der Waals surface area contributed by atoms with E-state index in [2.05, 4.69) is 5.32 Å². The van der Waals surface area contributed by atoms with Crippen LogP contribution in [-0.4, -0.2) is 35.1 Å². The average Bonchev–Trinajstić information content (AvgIpc) is 2.86. The van der Waals surface area contributed by atoms with Gasteiger partial charge in [0.2, 0.25) is 11.8 Å². The number of carbonyl (C=O) groups is 2. The summed E-state index contributed by atoms with van der Waals surface area (Å²) in [6.45, 7) is 4.82. The largest absolute Gasteiger partial charge is 0.354 e. The van der Waals surface area contributed by atoms with E-state index in [1.165, 1.54) is 11.8 Å². The molecule has 0 saturated heterocycles. The first-order chi connectivity index (χ1) is 17.2. The minimum Gasteiger partial charge on any atom is -0.354 e. The van der Waals surface area contributed by atoms with Crippen LogP contribution in [0.3, 0.4) is 0 Å². The van der Waals surface area contributed by atoms with E-state index in [9.17, 15) is 9.59 Å². The fourth-order valence-corrected chi connectivity index (χ4v) is 4.80. The monoisotopic (exact) mass is 562 g/mol. The van der Waals surface area contributed by atoms with E-state index >= 15 is 0 Å². The summed E-state index contributed by atoms with van der Waals surface area (Å²) in [5, 5.41) is 4.50. The van der Waals surface area contributed by atoms with E-state index in [0.717, 1.165) is 16.0 Å². The van der Waals surface area contributed by atoms with Crippen molar-refractivity contribution in [3.8, 4) is 0 Å². The molecule has 4 nitrogen and oxygen atoms in total. The Morgan fingerprint density at radius 1 is 0.889 bits per heavy atom. The van der Waals surface area contributed by atoms with Crippen molar-refractivity contribution in [2.45, 2.75) is 37.8 Å². The second-order valence-electron chi connectivity index (χ2n) is 8.86. The lowest BCUT2D eigenvalue weighted by Crippen LogP contribution is -2.51. The minimum atomic E-state index is -0.695. The van der Waals surface area contributed by atoms with E-state index in [1.54, 1.807) is 29.2 Å². The van der Waals surface area contributed by atoms with Gasteiger partial charge in [-0.05, 0) is 53.4 Å². The number of thioether (sulfide) groups is 1. The first kappa shape index (κ1) is 28.4. The summed E-state index contributed by atoms with van der Waals surface area (Å²) in [6, 6.07) is 21.6. The van der Waals surface area contributed by atoms with Crippen molar-refractivity contribution in [3.05, 3.63) is 99.0 Å². The molecule has 0 bridgehead atoms. The number of carbonyl (C=O) groups excluding carboxylic acids is 2. The van der Waals surface area contributed by atoms with E-state index in [0.29, 0.717) is 28.0 Å². The van der Waals surface area contributed by atoms with Gasteiger partial charge in [-0.2, -0.15) is 0 Å². The predicted molar refractivity (Wildman–Crippen MR) is 151 cm³/mol. The molecule has 3 aromatic carbocycles. The third-order valence-corrected chi connectivity index (χ3v) is 7.46. The lowest BCUT2D eigenvalue weighted by Gasteiger charge is -2.32. The summed E-state index contributed by atoms with van der Waals surface area (Å²) in [5.74, 6) is 0.122. The number of hydrogen-bond acceptors (Lipinski definition) is 3. The first-order valence-electron chi connectivity index (χ1n) is 11.7. The normalized spacial score (nSPS) is 11.8. The Morgan fingerprint density at radius 3 is 2.22 bits per heavy atom. The third kappa shape index (κ3) is 8.74. The van der Waals surface area contributed by atoms with Gasteiger partial charge in [0.15, 0.2) is 0 Å². The highest BCUT2D eigenvalue weighted by Gasteiger charge is 2.30. The van der Waals surface area contributed by atoms with Gasteiger partial charge >= 0.3 is 0 Å². The van der Waals surface area contributed by atoms with Crippen LogP contribution in [0.2, 0.25) is 15.1 Å². The van der Waals surface area contributed by atoms with Gasteiger partial charge in [0.25, 0.3) is 0 Å². The maximum Gasteiger partial charge on any atom is 0.243 e. The number of nitrogens with one attached hydrogen (secondary N) is 1. The molecule has 0 aliphatic carbocycles. The van der Waals surface area contributed by atoms with Crippen LogP contribution in [0.5, 0.6) is 0 Å². The molecule has 3 aromatic rings. The highest BCUT2D eigenvalue weighted by Crippen LogP contribution is 2.26. The van der Waals surface area contributed by atoms with Gasteiger partial charge < -0.3 is 10.2 Å². The Bertz CT molecular complexity index is 1160. The quantitative estimate of drug-likeness (QED) is 0.252. The van der Waals surface area contributed by atoms with Crippen molar-refractivity contribution in [2.24, 2.45) is 5.92 Å². The smallest absolute Gasteiger partial charge is 0.243 e. The van der Waals surface area contributed by atoms with Crippen molar-refractivity contribution in [1.29, 1.82) is 0 Å². The fraction of sp³-hybridized carbons (Fsp3) is 0.286. The molecule has 0 spiro atoms. The lowest BCUT2D eigenvalue weighted by molar-refractivity contribution is -0.139. The SMILES string of the molecule is CC(C)CNC(=O)[C@@H](Cc1ccccc1)N(Cc1ccc(Cl)c(Cl)c1)C(=O)CSc1ccc(Cl)cc1. The Kier molecular flexibility index (Phi) is 11.0. The van der Waals surface area contributed by atoms with Crippen LogP contribution >= 0.6 is 46.6 Å². The molecular weight excluding hydrogens is 535 g/mol. The van der Waals surface area contributed by atoms with Crippen LogP contribution in [-0.2, 0) is 22.6 Å². The highest BCUT2D eigenvalue weighted by molar-refractivity contribution is 8.00. The van der Waals surface area contributed by atoms with E-state index in [4.69, 9.17) is 34.8 Å². The number of halogens is 3. The van der Waals surface area contributed by atoms with Crippen LogP contribution in [0.1, 0.15) is 25.0 Å². The zero-order valence-corrected chi connectivity index (χ0v) is 23.3. The summed E-state index contributed by atoms with van der Waals surface area (Å²) < 4.78 is 0. The summed E-state index contributed by atoms with van der Waals surface area (Å²) in [7, 11) is 0. The Balaban J connectivity index is 1.91.